The summed E-state index contributed by atoms with van der Waals surface area (Å²) in [5, 5.41) is 3.37. The van der Waals surface area contributed by atoms with Crippen molar-refractivity contribution in [2.24, 2.45) is 0 Å². The van der Waals surface area contributed by atoms with Crippen LogP contribution >= 0.6 is 0 Å². The second-order valence-corrected chi connectivity index (χ2v) is 4.55. The lowest BCUT2D eigenvalue weighted by Crippen LogP contribution is -2.06. The van der Waals surface area contributed by atoms with E-state index in [1.54, 1.807) is 14.2 Å². The van der Waals surface area contributed by atoms with E-state index in [0.717, 1.165) is 29.3 Å². The van der Waals surface area contributed by atoms with E-state index in [1.165, 1.54) is 0 Å². The predicted octanol–water partition coefficient (Wildman–Crippen LogP) is 3.33. The largest absolute Gasteiger partial charge is 0.493 e. The van der Waals surface area contributed by atoms with E-state index in [0.29, 0.717) is 13.2 Å². The van der Waals surface area contributed by atoms with Crippen molar-refractivity contribution in [3.05, 3.63) is 54.1 Å². The Bertz CT molecular complexity index is 543. The summed E-state index contributed by atoms with van der Waals surface area (Å²) in [7, 11) is 3.29. The summed E-state index contributed by atoms with van der Waals surface area (Å²) in [6.45, 7) is 1.78. The second kappa shape index (κ2) is 8.17. The van der Waals surface area contributed by atoms with Gasteiger partial charge < -0.3 is 19.5 Å². The van der Waals surface area contributed by atoms with Gasteiger partial charge in [-0.1, -0.05) is 24.3 Å². The SMILES string of the molecule is COCCOc1cc(CNc2ccccc2)ccc1OC. The molecule has 0 aromatic heterocycles. The highest BCUT2D eigenvalue weighted by molar-refractivity contribution is 5.46. The van der Waals surface area contributed by atoms with Crippen LogP contribution in [0.25, 0.3) is 0 Å². The Kier molecular flexibility index (Phi) is 5.91. The number of methoxy groups -OCH3 is 2. The minimum absolute atomic E-state index is 0.502. The zero-order valence-electron chi connectivity index (χ0n) is 12.5. The van der Waals surface area contributed by atoms with Crippen LogP contribution in [0.2, 0.25) is 0 Å². The van der Waals surface area contributed by atoms with Gasteiger partial charge in [-0.3, -0.25) is 0 Å². The van der Waals surface area contributed by atoms with Crippen LogP contribution in [-0.4, -0.2) is 27.4 Å². The smallest absolute Gasteiger partial charge is 0.161 e. The molecule has 0 aliphatic rings. The first kappa shape index (κ1) is 15.2. The first-order valence-corrected chi connectivity index (χ1v) is 6.91. The summed E-state index contributed by atoms with van der Waals surface area (Å²) in [5.41, 5.74) is 2.22. The van der Waals surface area contributed by atoms with Crippen molar-refractivity contribution in [3.8, 4) is 11.5 Å². The van der Waals surface area contributed by atoms with Gasteiger partial charge in [0.1, 0.15) is 6.61 Å². The van der Waals surface area contributed by atoms with Crippen LogP contribution < -0.4 is 14.8 Å². The van der Waals surface area contributed by atoms with Crippen molar-refractivity contribution >= 4 is 5.69 Å². The van der Waals surface area contributed by atoms with Gasteiger partial charge in [0.2, 0.25) is 0 Å². The number of benzene rings is 2. The van der Waals surface area contributed by atoms with Gasteiger partial charge in [-0.15, -0.1) is 0 Å². The monoisotopic (exact) mass is 287 g/mol. The molecule has 0 fully saturated rings. The number of hydrogen-bond acceptors (Lipinski definition) is 4. The molecule has 0 spiro atoms. The Morgan fingerprint density at radius 3 is 2.43 bits per heavy atom. The number of nitrogens with one attached hydrogen (secondary N) is 1. The van der Waals surface area contributed by atoms with Gasteiger partial charge in [0.05, 0.1) is 13.7 Å². The first-order valence-electron chi connectivity index (χ1n) is 6.91. The molecule has 2 aromatic rings. The van der Waals surface area contributed by atoms with Crippen LogP contribution in [0.4, 0.5) is 5.69 Å². The molecule has 2 rings (SSSR count). The molecule has 0 unspecified atom stereocenters. The van der Waals surface area contributed by atoms with Crippen LogP contribution in [0.15, 0.2) is 48.5 Å². The highest BCUT2D eigenvalue weighted by Crippen LogP contribution is 2.28. The molecule has 0 saturated carbocycles. The van der Waals surface area contributed by atoms with Crippen LogP contribution in [0.1, 0.15) is 5.56 Å². The lowest BCUT2D eigenvalue weighted by Gasteiger charge is -2.13. The highest BCUT2D eigenvalue weighted by atomic mass is 16.5. The third-order valence-corrected chi connectivity index (χ3v) is 3.04. The van der Waals surface area contributed by atoms with Crippen molar-refractivity contribution in [2.45, 2.75) is 6.54 Å². The van der Waals surface area contributed by atoms with E-state index in [4.69, 9.17) is 14.2 Å². The molecular weight excluding hydrogens is 266 g/mol. The van der Waals surface area contributed by atoms with Gasteiger partial charge in [-0.25, -0.2) is 0 Å². The van der Waals surface area contributed by atoms with Crippen molar-refractivity contribution in [3.63, 3.8) is 0 Å². The molecule has 4 heteroatoms. The number of rotatable bonds is 8. The Balaban J connectivity index is 2.01. The summed E-state index contributed by atoms with van der Waals surface area (Å²) >= 11 is 0. The number of anilines is 1. The van der Waals surface area contributed by atoms with Crippen molar-refractivity contribution in [1.82, 2.24) is 0 Å². The number of para-hydroxylation sites is 1. The fraction of sp³-hybridized carbons (Fsp3) is 0.294. The van der Waals surface area contributed by atoms with Crippen LogP contribution in [-0.2, 0) is 11.3 Å². The van der Waals surface area contributed by atoms with Crippen molar-refractivity contribution < 1.29 is 14.2 Å². The molecule has 0 bridgehead atoms. The van der Waals surface area contributed by atoms with Gasteiger partial charge in [0.15, 0.2) is 11.5 Å². The molecular formula is C17H21NO3. The van der Waals surface area contributed by atoms with Gasteiger partial charge in [0, 0.05) is 19.3 Å². The van der Waals surface area contributed by atoms with Gasteiger partial charge >= 0.3 is 0 Å². The second-order valence-electron chi connectivity index (χ2n) is 4.55. The Morgan fingerprint density at radius 1 is 0.905 bits per heavy atom. The van der Waals surface area contributed by atoms with E-state index in [-0.39, 0.29) is 0 Å². The van der Waals surface area contributed by atoms with E-state index >= 15 is 0 Å². The summed E-state index contributed by atoms with van der Waals surface area (Å²) in [6.07, 6.45) is 0. The molecule has 0 saturated heterocycles. The van der Waals surface area contributed by atoms with Crippen LogP contribution in [0, 0.1) is 0 Å². The molecule has 1 N–H and O–H groups in total. The zero-order valence-corrected chi connectivity index (χ0v) is 12.5. The van der Waals surface area contributed by atoms with E-state index in [9.17, 15) is 0 Å². The summed E-state index contributed by atoms with van der Waals surface area (Å²) in [5.74, 6) is 1.47. The normalized spacial score (nSPS) is 10.2. The minimum atomic E-state index is 0.502. The quantitative estimate of drug-likeness (QED) is 0.756. The van der Waals surface area contributed by atoms with E-state index in [1.807, 2.05) is 48.5 Å². The number of hydrogen-bond donors (Lipinski definition) is 1. The topological polar surface area (TPSA) is 39.7 Å². The maximum Gasteiger partial charge on any atom is 0.161 e. The molecule has 112 valence electrons. The van der Waals surface area contributed by atoms with Gasteiger partial charge in [-0.2, -0.15) is 0 Å². The lowest BCUT2D eigenvalue weighted by molar-refractivity contribution is 0.144. The Hall–Kier alpha value is -2.20. The van der Waals surface area contributed by atoms with Crippen molar-refractivity contribution in [2.75, 3.05) is 32.8 Å². The van der Waals surface area contributed by atoms with Crippen molar-refractivity contribution in [1.29, 1.82) is 0 Å². The maximum atomic E-state index is 5.68. The lowest BCUT2D eigenvalue weighted by atomic mass is 10.2. The first-order chi connectivity index (χ1) is 10.3. The number of ether oxygens (including phenoxy) is 3. The Morgan fingerprint density at radius 2 is 1.71 bits per heavy atom. The molecule has 0 atom stereocenters. The summed E-state index contributed by atoms with van der Waals surface area (Å²) in [4.78, 5) is 0. The summed E-state index contributed by atoms with van der Waals surface area (Å²) in [6, 6.07) is 16.0. The molecule has 0 amide bonds. The molecule has 2 aromatic carbocycles. The molecule has 0 heterocycles. The van der Waals surface area contributed by atoms with Gasteiger partial charge in [0.25, 0.3) is 0 Å². The maximum absolute atomic E-state index is 5.68. The fourth-order valence-corrected chi connectivity index (χ4v) is 1.94. The van der Waals surface area contributed by atoms with Crippen LogP contribution in [0.5, 0.6) is 11.5 Å². The zero-order chi connectivity index (χ0) is 14.9. The predicted molar refractivity (Wildman–Crippen MR) is 84.1 cm³/mol. The average molecular weight is 287 g/mol. The third kappa shape index (κ3) is 4.68. The summed E-state index contributed by atoms with van der Waals surface area (Å²) < 4.78 is 16.0. The van der Waals surface area contributed by atoms with E-state index < -0.39 is 0 Å². The third-order valence-electron chi connectivity index (χ3n) is 3.04. The van der Waals surface area contributed by atoms with E-state index in [2.05, 4.69) is 5.32 Å². The molecule has 21 heavy (non-hydrogen) atoms. The minimum Gasteiger partial charge on any atom is -0.493 e. The fourth-order valence-electron chi connectivity index (χ4n) is 1.94. The van der Waals surface area contributed by atoms with Gasteiger partial charge in [-0.05, 0) is 29.8 Å². The molecule has 0 aliphatic carbocycles. The standard InChI is InChI=1S/C17H21NO3/c1-19-10-11-21-17-12-14(8-9-16(17)20-2)13-18-15-6-4-3-5-7-15/h3-9,12,18H,10-11,13H2,1-2H3. The molecule has 0 radical (unpaired) electrons. The van der Waals surface area contributed by atoms with Crippen LogP contribution in [0.3, 0.4) is 0 Å². The highest BCUT2D eigenvalue weighted by Gasteiger charge is 2.06. The Labute approximate surface area is 125 Å². The average Bonchev–Trinajstić information content (AvgIpc) is 2.54. The molecule has 4 nitrogen and oxygen atoms in total. The molecule has 0 aliphatic heterocycles.